The van der Waals surface area contributed by atoms with Crippen molar-refractivity contribution in [2.24, 2.45) is 4.99 Å². The third-order valence-corrected chi connectivity index (χ3v) is 5.87. The summed E-state index contributed by atoms with van der Waals surface area (Å²) in [5, 5.41) is 10.8. The fourth-order valence-electron chi connectivity index (χ4n) is 3.13. The van der Waals surface area contributed by atoms with Gasteiger partial charge in [-0.15, -0.1) is 11.3 Å². The van der Waals surface area contributed by atoms with Gasteiger partial charge in [0, 0.05) is 16.8 Å². The van der Waals surface area contributed by atoms with Crippen LogP contribution in [0.3, 0.4) is 0 Å². The normalized spacial score (nSPS) is 14.5. The lowest BCUT2D eigenvalue weighted by Gasteiger charge is -2.06. The largest absolute Gasteiger partial charge is 0.493 e. The molecule has 0 amide bonds. The van der Waals surface area contributed by atoms with Crippen LogP contribution in [0.1, 0.15) is 29.9 Å². The van der Waals surface area contributed by atoms with Crippen molar-refractivity contribution in [3.05, 3.63) is 68.5 Å². The first-order chi connectivity index (χ1) is 12.6. The smallest absolute Gasteiger partial charge is 0.215 e. The van der Waals surface area contributed by atoms with Crippen molar-refractivity contribution in [3.8, 4) is 11.6 Å². The van der Waals surface area contributed by atoms with Gasteiger partial charge in [-0.25, -0.2) is 0 Å². The van der Waals surface area contributed by atoms with Crippen LogP contribution in [0.2, 0.25) is 0 Å². The first kappa shape index (κ1) is 16.9. The number of aromatic hydroxyl groups is 1. The summed E-state index contributed by atoms with van der Waals surface area (Å²) in [7, 11) is 0. The van der Waals surface area contributed by atoms with Crippen molar-refractivity contribution in [1.29, 1.82) is 0 Å². The van der Waals surface area contributed by atoms with Crippen molar-refractivity contribution in [3.63, 3.8) is 0 Å². The molecule has 1 N–H and O–H groups in total. The Hall–Kier alpha value is -2.50. The molecular formula is C21H18N2OS2. The molecule has 26 heavy (non-hydrogen) atoms. The van der Waals surface area contributed by atoms with Crippen LogP contribution in [-0.4, -0.2) is 15.4 Å². The number of rotatable bonds is 3. The van der Waals surface area contributed by atoms with Crippen LogP contribution < -0.4 is 0 Å². The predicted molar refractivity (Wildman–Crippen MR) is 113 cm³/mol. The van der Waals surface area contributed by atoms with E-state index >= 15 is 0 Å². The molecule has 0 fully saturated rings. The summed E-state index contributed by atoms with van der Waals surface area (Å²) in [6, 6.07) is 16.2. The molecule has 1 aliphatic heterocycles. The average Bonchev–Trinajstić information content (AvgIpc) is 3.11. The molecule has 0 spiro atoms. The molecule has 0 saturated heterocycles. The second-order valence-corrected chi connectivity index (χ2v) is 7.86. The van der Waals surface area contributed by atoms with E-state index in [4.69, 9.17) is 12.2 Å². The zero-order valence-electron chi connectivity index (χ0n) is 14.6. The van der Waals surface area contributed by atoms with Crippen LogP contribution >= 0.6 is 23.6 Å². The zero-order chi connectivity index (χ0) is 18.3. The van der Waals surface area contributed by atoms with E-state index < -0.39 is 0 Å². The van der Waals surface area contributed by atoms with Crippen molar-refractivity contribution in [1.82, 2.24) is 4.57 Å². The van der Waals surface area contributed by atoms with Gasteiger partial charge in [0.2, 0.25) is 5.88 Å². The minimum absolute atomic E-state index is 0.175. The van der Waals surface area contributed by atoms with Gasteiger partial charge in [-0.1, -0.05) is 37.3 Å². The molecule has 3 aromatic rings. The summed E-state index contributed by atoms with van der Waals surface area (Å²) in [6.45, 7) is 4.11. The summed E-state index contributed by atoms with van der Waals surface area (Å²) >= 11 is 6.92. The lowest BCUT2D eigenvalue weighted by molar-refractivity contribution is 0.441. The van der Waals surface area contributed by atoms with Crippen LogP contribution in [0, 0.1) is 3.95 Å². The summed E-state index contributed by atoms with van der Waals surface area (Å²) in [4.78, 5) is 5.35. The van der Waals surface area contributed by atoms with Crippen LogP contribution in [0.4, 0.5) is 5.69 Å². The highest BCUT2D eigenvalue weighted by Crippen LogP contribution is 2.38. The van der Waals surface area contributed by atoms with Crippen LogP contribution in [0.5, 0.6) is 5.88 Å². The van der Waals surface area contributed by atoms with Gasteiger partial charge in [0.25, 0.3) is 0 Å². The van der Waals surface area contributed by atoms with Gasteiger partial charge in [0.05, 0.1) is 16.3 Å². The molecule has 1 aliphatic rings. The Morgan fingerprint density at radius 3 is 2.62 bits per heavy atom. The van der Waals surface area contributed by atoms with E-state index in [0.29, 0.717) is 3.95 Å². The molecule has 2 aromatic carbocycles. The standard InChI is InChI=1S/C21H18N2OS2/c1-3-14-8-10-15(11-9-14)23-20(24)19(26-21(23)25)12-17-13(2)22-18-7-5-4-6-16(17)18/h4-12,24H,3H2,1-2H3/b17-12+. The van der Waals surface area contributed by atoms with Crippen molar-refractivity contribution in [2.45, 2.75) is 20.3 Å². The van der Waals surface area contributed by atoms with Crippen molar-refractivity contribution >= 4 is 46.6 Å². The Labute approximate surface area is 161 Å². The number of thiazole rings is 1. The molecule has 0 radical (unpaired) electrons. The number of aryl methyl sites for hydroxylation is 1. The molecule has 130 valence electrons. The molecule has 5 heteroatoms. The van der Waals surface area contributed by atoms with E-state index in [9.17, 15) is 5.11 Å². The Morgan fingerprint density at radius 2 is 1.88 bits per heavy atom. The fraction of sp³-hybridized carbons (Fsp3) is 0.143. The maximum Gasteiger partial charge on any atom is 0.215 e. The number of aliphatic imine (C=N–C) groups is 1. The van der Waals surface area contributed by atoms with E-state index in [2.05, 4.69) is 30.1 Å². The maximum atomic E-state index is 10.8. The minimum atomic E-state index is 0.175. The molecule has 0 aliphatic carbocycles. The Balaban J connectivity index is 1.80. The molecule has 1 aromatic heterocycles. The van der Waals surface area contributed by atoms with Gasteiger partial charge in [0.15, 0.2) is 3.95 Å². The third-order valence-electron chi connectivity index (χ3n) is 4.56. The highest BCUT2D eigenvalue weighted by atomic mass is 32.1. The van der Waals surface area contributed by atoms with Gasteiger partial charge in [-0.2, -0.15) is 0 Å². The van der Waals surface area contributed by atoms with Gasteiger partial charge >= 0.3 is 0 Å². The van der Waals surface area contributed by atoms with Crippen LogP contribution in [-0.2, 0) is 6.42 Å². The average molecular weight is 379 g/mol. The molecule has 4 rings (SSSR count). The number of hydrogen-bond donors (Lipinski definition) is 1. The van der Waals surface area contributed by atoms with Gasteiger partial charge < -0.3 is 5.11 Å². The zero-order valence-corrected chi connectivity index (χ0v) is 16.2. The summed E-state index contributed by atoms with van der Waals surface area (Å²) in [5.74, 6) is 0.175. The number of allylic oxidation sites excluding steroid dienone is 1. The number of aromatic nitrogens is 1. The molecule has 0 saturated carbocycles. The van der Waals surface area contributed by atoms with E-state index in [1.165, 1.54) is 16.9 Å². The van der Waals surface area contributed by atoms with E-state index in [0.717, 1.165) is 39.5 Å². The quantitative estimate of drug-likeness (QED) is 0.552. The Morgan fingerprint density at radius 1 is 1.15 bits per heavy atom. The van der Waals surface area contributed by atoms with E-state index in [-0.39, 0.29) is 5.88 Å². The maximum absolute atomic E-state index is 10.8. The van der Waals surface area contributed by atoms with Gasteiger partial charge in [-0.05, 0) is 55.4 Å². The fourth-order valence-corrected chi connectivity index (χ4v) is 4.42. The number of nitrogens with zero attached hydrogens (tertiary/aromatic N) is 2. The molecule has 2 heterocycles. The van der Waals surface area contributed by atoms with Crippen molar-refractivity contribution in [2.75, 3.05) is 0 Å². The molecular weight excluding hydrogens is 360 g/mol. The van der Waals surface area contributed by atoms with Gasteiger partial charge in [0.1, 0.15) is 0 Å². The number of hydrogen-bond acceptors (Lipinski definition) is 4. The summed E-state index contributed by atoms with van der Waals surface area (Å²) < 4.78 is 2.35. The lowest BCUT2D eigenvalue weighted by Crippen LogP contribution is -1.94. The third kappa shape index (κ3) is 2.83. The highest BCUT2D eigenvalue weighted by molar-refractivity contribution is 7.73. The van der Waals surface area contributed by atoms with Gasteiger partial charge in [-0.3, -0.25) is 9.56 Å². The number of para-hydroxylation sites is 1. The topological polar surface area (TPSA) is 37.5 Å². The first-order valence-electron chi connectivity index (χ1n) is 8.49. The highest BCUT2D eigenvalue weighted by Gasteiger charge is 2.19. The molecule has 3 nitrogen and oxygen atoms in total. The lowest BCUT2D eigenvalue weighted by atomic mass is 10.0. The Bertz CT molecular complexity index is 1100. The van der Waals surface area contributed by atoms with Crippen LogP contribution in [0.15, 0.2) is 53.5 Å². The monoisotopic (exact) mass is 378 g/mol. The Kier molecular flexibility index (Phi) is 4.34. The SMILES string of the molecule is CCc1ccc(-n2c(O)c(/C=C3\C(C)=Nc4ccccc43)sc2=S)cc1. The predicted octanol–water partition coefficient (Wildman–Crippen LogP) is 6.18. The van der Waals surface area contributed by atoms with Crippen LogP contribution in [0.25, 0.3) is 17.3 Å². The second-order valence-electron chi connectivity index (χ2n) is 6.18. The second kappa shape index (κ2) is 6.67. The first-order valence-corrected chi connectivity index (χ1v) is 9.72. The van der Waals surface area contributed by atoms with Crippen molar-refractivity contribution < 1.29 is 5.11 Å². The molecule has 0 unspecified atom stereocenters. The van der Waals surface area contributed by atoms with E-state index in [1.807, 2.05) is 43.3 Å². The van der Waals surface area contributed by atoms with E-state index in [1.54, 1.807) is 4.57 Å². The number of fused-ring (bicyclic) bond motifs is 1. The molecule has 0 bridgehead atoms. The molecule has 0 atom stereocenters. The number of benzene rings is 2. The summed E-state index contributed by atoms with van der Waals surface area (Å²) in [5.41, 5.74) is 6.16. The minimum Gasteiger partial charge on any atom is -0.493 e. The summed E-state index contributed by atoms with van der Waals surface area (Å²) in [6.07, 6.45) is 2.97.